The molecule has 0 atom stereocenters. The number of alkyl halides is 3. The fourth-order valence-electron chi connectivity index (χ4n) is 1.52. The minimum atomic E-state index is -4.49. The Morgan fingerprint density at radius 2 is 2.05 bits per heavy atom. The van der Waals surface area contributed by atoms with Crippen molar-refractivity contribution in [3.05, 3.63) is 29.3 Å². The van der Waals surface area contributed by atoms with Gasteiger partial charge in [0.25, 0.3) is 0 Å². The molecule has 1 N–H and O–H groups in total. The van der Waals surface area contributed by atoms with Crippen LogP contribution in [0, 0.1) is 11.5 Å². The van der Waals surface area contributed by atoms with E-state index >= 15 is 0 Å². The predicted octanol–water partition coefficient (Wildman–Crippen LogP) is 4.25. The van der Waals surface area contributed by atoms with Crippen LogP contribution in [0.15, 0.2) is 23.2 Å². The predicted molar refractivity (Wildman–Crippen MR) is 74.9 cm³/mol. The number of thioether (sulfide) groups is 1. The number of hydrogen-bond acceptors (Lipinski definition) is 3. The number of amidine groups is 1. The molecular weight excluding hydrogens is 287 g/mol. The third-order valence-electron chi connectivity index (χ3n) is 2.57. The van der Waals surface area contributed by atoms with E-state index in [9.17, 15) is 13.2 Å². The largest absolute Gasteiger partial charge is 0.418 e. The van der Waals surface area contributed by atoms with Gasteiger partial charge in [-0.1, -0.05) is 31.7 Å². The quantitative estimate of drug-likeness (QED) is 0.384. The van der Waals surface area contributed by atoms with Gasteiger partial charge in [-0.05, 0) is 29.9 Å². The van der Waals surface area contributed by atoms with Crippen LogP contribution in [0.4, 0.5) is 18.9 Å². The van der Waals surface area contributed by atoms with Crippen LogP contribution in [-0.2, 0) is 6.18 Å². The third-order valence-corrected chi connectivity index (χ3v) is 3.15. The molecule has 0 aliphatic heterocycles. The maximum absolute atomic E-state index is 13.1. The Balaban J connectivity index is 3.36. The van der Waals surface area contributed by atoms with Gasteiger partial charge < -0.3 is 0 Å². The van der Waals surface area contributed by atoms with Gasteiger partial charge in [0.1, 0.15) is 0 Å². The summed E-state index contributed by atoms with van der Waals surface area (Å²) < 4.78 is 39.2. The van der Waals surface area contributed by atoms with Crippen LogP contribution in [0.1, 0.15) is 30.9 Å². The van der Waals surface area contributed by atoms with E-state index in [1.54, 1.807) is 18.5 Å². The Morgan fingerprint density at radius 1 is 1.40 bits per heavy atom. The standard InChI is InChI=1S/C13H14F3N3S/c1-8(2)9-4-5-11(10(6-9)13(14,15)16)19-12(20-3)18-7-17/h4-6,8H,1-3H3,(H,18,19). The van der Waals surface area contributed by atoms with E-state index in [-0.39, 0.29) is 16.8 Å². The maximum atomic E-state index is 13.1. The average Bonchev–Trinajstić information content (AvgIpc) is 2.37. The van der Waals surface area contributed by atoms with Crippen molar-refractivity contribution in [3.63, 3.8) is 0 Å². The second-order valence-corrected chi connectivity index (χ2v) is 5.08. The number of nitrogens with one attached hydrogen (secondary N) is 1. The van der Waals surface area contributed by atoms with E-state index in [0.29, 0.717) is 5.56 Å². The zero-order chi connectivity index (χ0) is 15.3. The molecule has 0 spiro atoms. The molecule has 0 saturated heterocycles. The minimum absolute atomic E-state index is 0.00798. The molecule has 0 amide bonds. The van der Waals surface area contributed by atoms with Crippen molar-refractivity contribution in [1.29, 1.82) is 5.26 Å². The lowest BCUT2D eigenvalue weighted by Gasteiger charge is -2.14. The maximum Gasteiger partial charge on any atom is 0.418 e. The fourth-order valence-corrected chi connectivity index (χ4v) is 1.86. The molecule has 0 aromatic heterocycles. The number of benzene rings is 1. The summed E-state index contributed by atoms with van der Waals surface area (Å²) in [7, 11) is 0. The van der Waals surface area contributed by atoms with E-state index < -0.39 is 11.7 Å². The zero-order valence-electron chi connectivity index (χ0n) is 11.2. The van der Waals surface area contributed by atoms with Gasteiger partial charge >= 0.3 is 6.18 Å². The summed E-state index contributed by atoms with van der Waals surface area (Å²) in [4.78, 5) is 3.86. The molecule has 0 aliphatic carbocycles. The molecule has 0 heterocycles. The number of nitrogens with zero attached hydrogens (tertiary/aromatic N) is 2. The van der Waals surface area contributed by atoms with Gasteiger partial charge in [-0.3, -0.25) is 5.32 Å². The molecule has 1 rings (SSSR count). The Labute approximate surface area is 119 Å². The molecule has 0 bridgehead atoms. The first kappa shape index (κ1) is 16.4. The van der Waals surface area contributed by atoms with Gasteiger partial charge in [-0.2, -0.15) is 18.4 Å². The monoisotopic (exact) mass is 301 g/mol. The topological polar surface area (TPSA) is 48.2 Å². The lowest BCUT2D eigenvalue weighted by molar-refractivity contribution is -0.137. The Bertz CT molecular complexity index is 545. The zero-order valence-corrected chi connectivity index (χ0v) is 12.1. The van der Waals surface area contributed by atoms with Gasteiger partial charge in [0.05, 0.1) is 11.3 Å². The van der Waals surface area contributed by atoms with Crippen LogP contribution in [0.3, 0.4) is 0 Å². The van der Waals surface area contributed by atoms with Crippen molar-refractivity contribution in [2.24, 2.45) is 4.99 Å². The molecule has 1 aromatic rings. The van der Waals surface area contributed by atoms with Crippen LogP contribution < -0.4 is 5.32 Å². The lowest BCUT2D eigenvalue weighted by Crippen LogP contribution is -2.13. The van der Waals surface area contributed by atoms with Crippen LogP contribution in [0.2, 0.25) is 0 Å². The first-order valence-corrected chi connectivity index (χ1v) is 7.01. The highest BCUT2D eigenvalue weighted by Gasteiger charge is 2.34. The van der Waals surface area contributed by atoms with Gasteiger partial charge in [0, 0.05) is 0 Å². The Hall–Kier alpha value is -1.68. The summed E-state index contributed by atoms with van der Waals surface area (Å²) in [5, 5.41) is 10.9. The molecule has 20 heavy (non-hydrogen) atoms. The molecule has 0 saturated carbocycles. The molecule has 0 aliphatic rings. The molecule has 0 radical (unpaired) electrons. The highest BCUT2D eigenvalue weighted by atomic mass is 32.2. The second kappa shape index (κ2) is 6.66. The molecule has 3 nitrogen and oxygen atoms in total. The van der Waals surface area contributed by atoms with E-state index in [1.807, 2.05) is 13.8 Å². The highest BCUT2D eigenvalue weighted by Crippen LogP contribution is 2.38. The van der Waals surface area contributed by atoms with Crippen molar-refractivity contribution in [3.8, 4) is 6.19 Å². The number of rotatable bonds is 2. The van der Waals surface area contributed by atoms with Crippen LogP contribution in [0.25, 0.3) is 0 Å². The molecule has 7 heteroatoms. The molecule has 0 fully saturated rings. The molecule has 1 aromatic carbocycles. The summed E-state index contributed by atoms with van der Waals surface area (Å²) in [5.74, 6) is -0.00798. The average molecular weight is 301 g/mol. The van der Waals surface area contributed by atoms with Gasteiger partial charge in [0.15, 0.2) is 11.4 Å². The molecular formula is C13H14F3N3S. The summed E-state index contributed by atoms with van der Waals surface area (Å²) >= 11 is 1.07. The normalized spacial score (nSPS) is 12.4. The van der Waals surface area contributed by atoms with Crippen molar-refractivity contribution in [2.75, 3.05) is 6.26 Å². The highest BCUT2D eigenvalue weighted by molar-refractivity contribution is 8.13. The van der Waals surface area contributed by atoms with Crippen molar-refractivity contribution < 1.29 is 13.2 Å². The van der Waals surface area contributed by atoms with Gasteiger partial charge in [-0.15, -0.1) is 0 Å². The van der Waals surface area contributed by atoms with Crippen molar-refractivity contribution >= 4 is 22.6 Å². The van der Waals surface area contributed by atoms with Gasteiger partial charge in [-0.25, -0.2) is 4.99 Å². The number of hydrogen-bond donors (Lipinski definition) is 1. The van der Waals surface area contributed by atoms with E-state index in [0.717, 1.165) is 17.8 Å². The summed E-state index contributed by atoms with van der Waals surface area (Å²) in [6, 6.07) is 4.05. The smallest absolute Gasteiger partial charge is 0.271 e. The third kappa shape index (κ3) is 4.17. The lowest BCUT2D eigenvalue weighted by atomic mass is 9.99. The van der Waals surface area contributed by atoms with E-state index in [1.165, 1.54) is 6.07 Å². The molecule has 0 unspecified atom stereocenters. The van der Waals surface area contributed by atoms with Gasteiger partial charge in [0.2, 0.25) is 0 Å². The van der Waals surface area contributed by atoms with Crippen LogP contribution >= 0.6 is 11.8 Å². The SMILES string of the molecule is CSC(=Nc1ccc(C(C)C)cc1C(F)(F)F)NC#N. The summed E-state index contributed by atoms with van der Waals surface area (Å²) in [5.41, 5.74) is -0.404. The second-order valence-electron chi connectivity index (χ2n) is 4.29. The van der Waals surface area contributed by atoms with Crippen molar-refractivity contribution in [2.45, 2.75) is 25.9 Å². The fraction of sp³-hybridized carbons (Fsp3) is 0.385. The van der Waals surface area contributed by atoms with E-state index in [4.69, 9.17) is 5.26 Å². The number of aliphatic imine (C=N–C) groups is 1. The Kier molecular flexibility index (Phi) is 5.45. The first-order chi connectivity index (χ1) is 9.29. The first-order valence-electron chi connectivity index (χ1n) is 5.78. The Morgan fingerprint density at radius 3 is 2.50 bits per heavy atom. The minimum Gasteiger partial charge on any atom is -0.271 e. The summed E-state index contributed by atoms with van der Waals surface area (Å²) in [6.45, 7) is 3.64. The molecule has 108 valence electrons. The van der Waals surface area contributed by atoms with E-state index in [2.05, 4.69) is 10.3 Å². The summed E-state index contributed by atoms with van der Waals surface area (Å²) in [6.07, 6.45) is -1.22. The van der Waals surface area contributed by atoms with Crippen molar-refractivity contribution in [1.82, 2.24) is 5.32 Å². The van der Waals surface area contributed by atoms with Crippen LogP contribution in [-0.4, -0.2) is 11.4 Å². The number of halogens is 3. The number of nitriles is 1. The van der Waals surface area contributed by atoms with Crippen LogP contribution in [0.5, 0.6) is 0 Å².